The number of hydroxylamine groups is 1. The van der Waals surface area contributed by atoms with Gasteiger partial charge >= 0.3 is 0 Å². The molecule has 0 saturated heterocycles. The van der Waals surface area contributed by atoms with Crippen molar-refractivity contribution in [3.63, 3.8) is 0 Å². The van der Waals surface area contributed by atoms with Gasteiger partial charge in [-0.15, -0.1) is 0 Å². The number of H-pyrrole nitrogens is 1. The summed E-state index contributed by atoms with van der Waals surface area (Å²) < 4.78 is 0. The third kappa shape index (κ3) is 2.93. The average molecular weight is 261 g/mol. The molecule has 0 aliphatic rings. The number of nitro groups is 1. The van der Waals surface area contributed by atoms with Crippen LogP contribution in [0.15, 0.2) is 35.3 Å². The van der Waals surface area contributed by atoms with E-state index in [0.29, 0.717) is 11.4 Å². The van der Waals surface area contributed by atoms with E-state index < -0.39 is 4.92 Å². The lowest BCUT2D eigenvalue weighted by molar-refractivity contribution is -0.384. The molecule has 8 nitrogen and oxygen atoms in total. The van der Waals surface area contributed by atoms with Crippen LogP contribution in [0.2, 0.25) is 0 Å². The van der Waals surface area contributed by atoms with Gasteiger partial charge in [-0.3, -0.25) is 25.9 Å². The van der Waals surface area contributed by atoms with Crippen molar-refractivity contribution in [1.29, 1.82) is 0 Å². The van der Waals surface area contributed by atoms with Gasteiger partial charge < -0.3 is 0 Å². The topological polar surface area (TPSA) is 116 Å². The highest BCUT2D eigenvalue weighted by Crippen LogP contribution is 2.14. The Bertz CT molecular complexity index is 618. The van der Waals surface area contributed by atoms with Gasteiger partial charge in [-0.05, 0) is 19.1 Å². The summed E-state index contributed by atoms with van der Waals surface area (Å²) in [6.07, 6.45) is 0. The van der Waals surface area contributed by atoms with E-state index in [4.69, 9.17) is 5.21 Å². The highest BCUT2D eigenvalue weighted by molar-refractivity contribution is 5.99. The van der Waals surface area contributed by atoms with Crippen molar-refractivity contribution in [2.24, 2.45) is 4.99 Å². The number of benzene rings is 1. The van der Waals surface area contributed by atoms with Gasteiger partial charge in [0.05, 0.1) is 4.92 Å². The third-order valence-corrected chi connectivity index (χ3v) is 2.38. The van der Waals surface area contributed by atoms with Crippen molar-refractivity contribution < 1.29 is 10.1 Å². The first-order valence-electron chi connectivity index (χ1n) is 5.36. The molecule has 2 rings (SSSR count). The zero-order chi connectivity index (χ0) is 13.8. The monoisotopic (exact) mass is 261 g/mol. The average Bonchev–Trinajstić information content (AvgIpc) is 2.81. The summed E-state index contributed by atoms with van der Waals surface area (Å²) in [4.78, 5) is 14.1. The molecule has 1 aromatic heterocycles. The third-order valence-electron chi connectivity index (χ3n) is 2.38. The molecule has 0 radical (unpaired) electrons. The second kappa shape index (κ2) is 5.27. The lowest BCUT2D eigenvalue weighted by Crippen LogP contribution is -2.19. The Morgan fingerprint density at radius 3 is 2.63 bits per heavy atom. The van der Waals surface area contributed by atoms with Crippen LogP contribution >= 0.6 is 0 Å². The molecule has 8 heteroatoms. The minimum Gasteiger partial charge on any atom is -0.290 e. The highest BCUT2D eigenvalue weighted by Gasteiger charge is 2.08. The standard InChI is InChI=1S/C11H11N5O3/c1-7-6-10(14-13-7)12-11(15-17)8-2-4-9(5-3-8)16(18)19/h2-6,17H,1H3,(H2,12,13,14,15). The maximum absolute atomic E-state index is 10.5. The summed E-state index contributed by atoms with van der Waals surface area (Å²) in [6.45, 7) is 1.82. The fourth-order valence-electron chi connectivity index (χ4n) is 1.47. The Kier molecular flexibility index (Phi) is 3.53. The first kappa shape index (κ1) is 12.7. The van der Waals surface area contributed by atoms with E-state index >= 15 is 0 Å². The van der Waals surface area contributed by atoms with Crippen LogP contribution in [0.3, 0.4) is 0 Å². The number of aliphatic imine (C=N–C) groups is 1. The molecule has 0 amide bonds. The molecule has 1 aromatic carbocycles. The number of non-ortho nitro benzene ring substituents is 1. The highest BCUT2D eigenvalue weighted by atomic mass is 16.6. The number of nitro benzene ring substituents is 1. The molecule has 19 heavy (non-hydrogen) atoms. The van der Waals surface area contributed by atoms with Crippen LogP contribution in [0.4, 0.5) is 11.5 Å². The van der Waals surface area contributed by atoms with E-state index in [1.807, 2.05) is 12.4 Å². The number of amidine groups is 1. The van der Waals surface area contributed by atoms with Crippen LogP contribution in [0, 0.1) is 17.0 Å². The Morgan fingerprint density at radius 1 is 1.47 bits per heavy atom. The number of hydrogen-bond acceptors (Lipinski definition) is 5. The summed E-state index contributed by atoms with van der Waals surface area (Å²) in [5.74, 6) is 0.550. The lowest BCUT2D eigenvalue weighted by Gasteiger charge is -2.03. The molecule has 98 valence electrons. The summed E-state index contributed by atoms with van der Waals surface area (Å²) in [6, 6.07) is 7.33. The Balaban J connectivity index is 2.31. The number of rotatable bonds is 3. The van der Waals surface area contributed by atoms with Gasteiger partial charge in [0, 0.05) is 29.5 Å². The van der Waals surface area contributed by atoms with Crippen LogP contribution in [0.1, 0.15) is 11.3 Å². The van der Waals surface area contributed by atoms with E-state index in [1.165, 1.54) is 24.3 Å². The van der Waals surface area contributed by atoms with Gasteiger partial charge in [-0.25, -0.2) is 4.99 Å². The largest absolute Gasteiger partial charge is 0.290 e. The number of hydrogen-bond donors (Lipinski definition) is 3. The van der Waals surface area contributed by atoms with Crippen molar-refractivity contribution in [3.8, 4) is 0 Å². The van der Waals surface area contributed by atoms with Crippen LogP contribution in [0.25, 0.3) is 0 Å². The predicted molar refractivity (Wildman–Crippen MR) is 67.5 cm³/mol. The summed E-state index contributed by atoms with van der Waals surface area (Å²) >= 11 is 0. The lowest BCUT2D eigenvalue weighted by atomic mass is 10.2. The molecule has 0 fully saturated rings. The number of aryl methyl sites for hydroxylation is 1. The molecule has 0 spiro atoms. The Labute approximate surface area is 107 Å². The van der Waals surface area contributed by atoms with E-state index in [9.17, 15) is 10.1 Å². The summed E-state index contributed by atoms with van der Waals surface area (Å²) in [5, 5.41) is 26.2. The van der Waals surface area contributed by atoms with Crippen molar-refractivity contribution in [2.75, 3.05) is 0 Å². The van der Waals surface area contributed by atoms with E-state index in [-0.39, 0.29) is 11.5 Å². The molecule has 2 aromatic rings. The Hall–Kier alpha value is -2.74. The van der Waals surface area contributed by atoms with Crippen molar-refractivity contribution in [3.05, 3.63) is 51.7 Å². The smallest absolute Gasteiger partial charge is 0.269 e. The van der Waals surface area contributed by atoms with Crippen LogP contribution in [0.5, 0.6) is 0 Å². The fraction of sp³-hybridized carbons (Fsp3) is 0.0909. The van der Waals surface area contributed by atoms with Gasteiger partial charge in [-0.1, -0.05) is 0 Å². The molecule has 3 N–H and O–H groups in total. The molecule has 0 atom stereocenters. The van der Waals surface area contributed by atoms with Gasteiger partial charge in [-0.2, -0.15) is 5.10 Å². The molecule has 0 saturated carbocycles. The molecule has 0 unspecified atom stereocenters. The molecule has 0 bridgehead atoms. The summed E-state index contributed by atoms with van der Waals surface area (Å²) in [7, 11) is 0. The van der Waals surface area contributed by atoms with E-state index in [1.54, 1.807) is 6.07 Å². The summed E-state index contributed by atoms with van der Waals surface area (Å²) in [5.41, 5.74) is 3.26. The molecule has 1 heterocycles. The van der Waals surface area contributed by atoms with Crippen LogP contribution < -0.4 is 5.48 Å². The minimum absolute atomic E-state index is 0.0309. The number of nitrogens with one attached hydrogen (secondary N) is 2. The predicted octanol–water partition coefficient (Wildman–Crippen LogP) is 1.68. The molecular formula is C11H11N5O3. The second-order valence-electron chi connectivity index (χ2n) is 3.79. The van der Waals surface area contributed by atoms with Crippen molar-refractivity contribution >= 4 is 17.3 Å². The van der Waals surface area contributed by atoms with Gasteiger partial charge in [0.2, 0.25) is 0 Å². The van der Waals surface area contributed by atoms with Crippen LogP contribution in [-0.2, 0) is 0 Å². The first-order valence-corrected chi connectivity index (χ1v) is 5.36. The van der Waals surface area contributed by atoms with Crippen molar-refractivity contribution in [1.82, 2.24) is 15.7 Å². The van der Waals surface area contributed by atoms with Crippen molar-refractivity contribution in [2.45, 2.75) is 6.92 Å². The SMILES string of the molecule is Cc1cc(N=C(NO)c2ccc([N+](=O)[O-])cc2)n[nH]1. The first-order chi connectivity index (χ1) is 9.10. The van der Waals surface area contributed by atoms with Crippen LogP contribution in [-0.4, -0.2) is 26.2 Å². The van der Waals surface area contributed by atoms with E-state index in [0.717, 1.165) is 5.69 Å². The molecule has 0 aliphatic heterocycles. The molecule has 0 aliphatic carbocycles. The fourth-order valence-corrected chi connectivity index (χ4v) is 1.47. The van der Waals surface area contributed by atoms with Gasteiger partial charge in [0.1, 0.15) is 0 Å². The second-order valence-corrected chi connectivity index (χ2v) is 3.79. The van der Waals surface area contributed by atoms with E-state index in [2.05, 4.69) is 15.2 Å². The number of aromatic nitrogens is 2. The normalized spacial score (nSPS) is 11.4. The quantitative estimate of drug-likeness (QED) is 0.336. The zero-order valence-corrected chi connectivity index (χ0v) is 9.99. The maximum Gasteiger partial charge on any atom is 0.269 e. The Morgan fingerprint density at radius 2 is 2.16 bits per heavy atom. The van der Waals surface area contributed by atoms with Gasteiger partial charge in [0.25, 0.3) is 5.69 Å². The molecular weight excluding hydrogens is 250 g/mol. The van der Waals surface area contributed by atoms with Gasteiger partial charge in [0.15, 0.2) is 11.7 Å². The minimum atomic E-state index is -0.496. The maximum atomic E-state index is 10.5. The number of aromatic amines is 1. The zero-order valence-electron chi connectivity index (χ0n) is 9.99. The number of nitrogens with zero attached hydrogens (tertiary/aromatic N) is 3.